The SMILES string of the molecule is CSc1ccccc1NC(=O)COC(=O)CN1C(=O)N[C@](C)(C2CC2)C1=O. The Balaban J connectivity index is 1.50. The molecule has 0 aromatic heterocycles. The van der Waals surface area contributed by atoms with E-state index in [1.807, 2.05) is 18.4 Å². The summed E-state index contributed by atoms with van der Waals surface area (Å²) in [5, 5.41) is 5.32. The summed E-state index contributed by atoms with van der Waals surface area (Å²) in [5.74, 6) is -1.63. The molecule has 0 unspecified atom stereocenters. The van der Waals surface area contributed by atoms with E-state index in [9.17, 15) is 19.2 Å². The molecule has 1 aliphatic heterocycles. The van der Waals surface area contributed by atoms with Crippen LogP contribution in [0.1, 0.15) is 19.8 Å². The number of hydrogen-bond acceptors (Lipinski definition) is 6. The van der Waals surface area contributed by atoms with E-state index in [-0.39, 0.29) is 5.92 Å². The number of nitrogens with one attached hydrogen (secondary N) is 2. The van der Waals surface area contributed by atoms with Gasteiger partial charge in [-0.1, -0.05) is 12.1 Å². The Morgan fingerprint density at radius 2 is 2.04 bits per heavy atom. The fourth-order valence-electron chi connectivity index (χ4n) is 3.05. The number of para-hydroxylation sites is 1. The smallest absolute Gasteiger partial charge is 0.326 e. The maximum atomic E-state index is 12.5. The van der Waals surface area contributed by atoms with Crippen molar-refractivity contribution in [1.29, 1.82) is 0 Å². The first-order valence-corrected chi connectivity index (χ1v) is 9.80. The number of rotatable bonds is 7. The van der Waals surface area contributed by atoms with Gasteiger partial charge < -0.3 is 15.4 Å². The number of carbonyl (C=O) groups is 4. The van der Waals surface area contributed by atoms with E-state index in [1.165, 1.54) is 11.8 Å². The largest absolute Gasteiger partial charge is 0.454 e. The van der Waals surface area contributed by atoms with Crippen molar-refractivity contribution in [2.24, 2.45) is 5.92 Å². The van der Waals surface area contributed by atoms with Crippen molar-refractivity contribution in [1.82, 2.24) is 10.2 Å². The first-order chi connectivity index (χ1) is 12.8. The maximum Gasteiger partial charge on any atom is 0.326 e. The minimum atomic E-state index is -0.948. The van der Waals surface area contributed by atoms with Gasteiger partial charge in [0, 0.05) is 4.90 Å². The van der Waals surface area contributed by atoms with Gasteiger partial charge in [0.25, 0.3) is 11.8 Å². The van der Waals surface area contributed by atoms with E-state index >= 15 is 0 Å². The molecule has 2 fully saturated rings. The lowest BCUT2D eigenvalue weighted by Crippen LogP contribution is -2.46. The number of ether oxygens (including phenoxy) is 1. The highest BCUT2D eigenvalue weighted by atomic mass is 32.2. The van der Waals surface area contributed by atoms with Gasteiger partial charge in [-0.25, -0.2) is 4.79 Å². The average molecular weight is 391 g/mol. The molecule has 144 valence electrons. The van der Waals surface area contributed by atoms with Crippen LogP contribution in [0.15, 0.2) is 29.2 Å². The van der Waals surface area contributed by atoms with Gasteiger partial charge in [0.05, 0.1) is 5.69 Å². The van der Waals surface area contributed by atoms with Gasteiger partial charge in [0.15, 0.2) is 6.61 Å². The topological polar surface area (TPSA) is 105 Å². The number of thioether (sulfide) groups is 1. The second kappa shape index (κ2) is 7.59. The molecule has 1 aromatic carbocycles. The molecular formula is C18H21N3O5S. The van der Waals surface area contributed by atoms with Crippen LogP contribution in [-0.2, 0) is 19.1 Å². The van der Waals surface area contributed by atoms with Crippen LogP contribution in [0.2, 0.25) is 0 Å². The van der Waals surface area contributed by atoms with Crippen molar-refractivity contribution in [3.8, 4) is 0 Å². The van der Waals surface area contributed by atoms with E-state index < -0.39 is 42.5 Å². The Morgan fingerprint density at radius 1 is 1.33 bits per heavy atom. The number of anilines is 1. The van der Waals surface area contributed by atoms with E-state index in [1.54, 1.807) is 19.1 Å². The molecular weight excluding hydrogens is 370 g/mol. The molecule has 0 spiro atoms. The van der Waals surface area contributed by atoms with Crippen molar-refractivity contribution in [3.63, 3.8) is 0 Å². The average Bonchev–Trinajstić information content (AvgIpc) is 3.47. The third-order valence-electron chi connectivity index (χ3n) is 4.73. The van der Waals surface area contributed by atoms with Gasteiger partial charge >= 0.3 is 12.0 Å². The first-order valence-electron chi connectivity index (χ1n) is 8.57. The predicted octanol–water partition coefficient (Wildman–Crippen LogP) is 1.61. The molecule has 1 aliphatic carbocycles. The zero-order chi connectivity index (χ0) is 19.6. The van der Waals surface area contributed by atoms with E-state index in [4.69, 9.17) is 4.74 Å². The second-order valence-corrected chi connectivity index (χ2v) is 7.56. The second-order valence-electron chi connectivity index (χ2n) is 6.71. The van der Waals surface area contributed by atoms with Gasteiger partial charge in [-0.3, -0.25) is 19.3 Å². The third kappa shape index (κ3) is 4.08. The molecule has 1 saturated carbocycles. The predicted molar refractivity (Wildman–Crippen MR) is 99.2 cm³/mol. The minimum Gasteiger partial charge on any atom is -0.454 e. The summed E-state index contributed by atoms with van der Waals surface area (Å²) in [7, 11) is 0. The van der Waals surface area contributed by atoms with E-state index in [0.717, 1.165) is 22.6 Å². The Kier molecular flexibility index (Phi) is 5.41. The van der Waals surface area contributed by atoms with Crippen LogP contribution in [0, 0.1) is 5.92 Å². The van der Waals surface area contributed by atoms with Crippen LogP contribution in [0.4, 0.5) is 10.5 Å². The van der Waals surface area contributed by atoms with Crippen molar-refractivity contribution in [3.05, 3.63) is 24.3 Å². The lowest BCUT2D eigenvalue weighted by atomic mass is 9.96. The monoisotopic (exact) mass is 391 g/mol. The summed E-state index contributed by atoms with van der Waals surface area (Å²) in [6.45, 7) is 0.666. The summed E-state index contributed by atoms with van der Waals surface area (Å²) in [5.41, 5.74) is -0.323. The fraction of sp³-hybridized carbons (Fsp3) is 0.444. The summed E-state index contributed by atoms with van der Waals surface area (Å²) < 4.78 is 4.92. The zero-order valence-electron chi connectivity index (χ0n) is 15.1. The molecule has 27 heavy (non-hydrogen) atoms. The van der Waals surface area contributed by atoms with Crippen LogP contribution >= 0.6 is 11.8 Å². The van der Waals surface area contributed by atoms with Crippen molar-refractivity contribution < 1.29 is 23.9 Å². The molecule has 2 aliphatic rings. The van der Waals surface area contributed by atoms with Crippen LogP contribution in [0.3, 0.4) is 0 Å². The molecule has 0 bridgehead atoms. The standard InChI is InChI=1S/C18H21N3O5S/c1-18(11-7-8-11)16(24)21(17(25)20-18)9-15(23)26-10-14(22)19-12-5-3-4-6-13(12)27-2/h3-6,11H,7-10H2,1-2H3,(H,19,22)(H,20,25)/t18-/m1/s1. The Hall–Kier alpha value is -2.55. The summed E-state index contributed by atoms with van der Waals surface area (Å²) >= 11 is 1.48. The van der Waals surface area contributed by atoms with Crippen LogP contribution in [0.25, 0.3) is 0 Å². The molecule has 0 radical (unpaired) electrons. The third-order valence-corrected chi connectivity index (χ3v) is 5.52. The minimum absolute atomic E-state index is 0.109. The molecule has 3 rings (SSSR count). The molecule has 1 atom stereocenters. The lowest BCUT2D eigenvalue weighted by Gasteiger charge is -2.20. The number of esters is 1. The maximum absolute atomic E-state index is 12.5. The molecule has 1 saturated heterocycles. The molecule has 2 N–H and O–H groups in total. The van der Waals surface area contributed by atoms with E-state index in [0.29, 0.717) is 5.69 Å². The molecule has 1 aromatic rings. The van der Waals surface area contributed by atoms with Gasteiger partial charge in [0.2, 0.25) is 0 Å². The van der Waals surface area contributed by atoms with Gasteiger partial charge in [-0.05, 0) is 44.1 Å². The fourth-order valence-corrected chi connectivity index (χ4v) is 3.61. The molecule has 9 heteroatoms. The van der Waals surface area contributed by atoms with Crippen molar-refractivity contribution in [2.45, 2.75) is 30.2 Å². The van der Waals surface area contributed by atoms with Gasteiger partial charge in [-0.2, -0.15) is 0 Å². The quantitative estimate of drug-likeness (QED) is 0.416. The molecule has 1 heterocycles. The number of hydrogen-bond donors (Lipinski definition) is 2. The van der Waals surface area contributed by atoms with Crippen molar-refractivity contribution in [2.75, 3.05) is 24.7 Å². The Labute approximate surface area is 161 Å². The van der Waals surface area contributed by atoms with E-state index in [2.05, 4.69) is 10.6 Å². The summed E-state index contributed by atoms with van der Waals surface area (Å²) in [6, 6.07) is 6.65. The number of imide groups is 1. The molecule has 4 amide bonds. The van der Waals surface area contributed by atoms with Gasteiger partial charge in [-0.15, -0.1) is 11.8 Å². The lowest BCUT2D eigenvalue weighted by molar-refractivity contribution is -0.150. The molecule has 8 nitrogen and oxygen atoms in total. The number of nitrogens with zero attached hydrogens (tertiary/aromatic N) is 1. The highest BCUT2D eigenvalue weighted by Gasteiger charge is 2.56. The first kappa shape index (κ1) is 19.2. The van der Waals surface area contributed by atoms with Crippen LogP contribution in [-0.4, -0.2) is 53.7 Å². The Morgan fingerprint density at radius 3 is 2.70 bits per heavy atom. The normalized spacial score (nSPS) is 21.8. The van der Waals surface area contributed by atoms with Crippen LogP contribution < -0.4 is 10.6 Å². The summed E-state index contributed by atoms with van der Waals surface area (Å²) in [4.78, 5) is 50.2. The number of carbonyl (C=O) groups excluding carboxylic acids is 4. The van der Waals surface area contributed by atoms with Crippen LogP contribution in [0.5, 0.6) is 0 Å². The number of benzene rings is 1. The number of urea groups is 1. The highest BCUT2D eigenvalue weighted by Crippen LogP contribution is 2.42. The highest BCUT2D eigenvalue weighted by molar-refractivity contribution is 7.98. The summed E-state index contributed by atoms with van der Waals surface area (Å²) in [6.07, 6.45) is 3.63. The van der Waals surface area contributed by atoms with Gasteiger partial charge in [0.1, 0.15) is 12.1 Å². The zero-order valence-corrected chi connectivity index (χ0v) is 15.9. The Bertz CT molecular complexity index is 795. The number of amides is 4. The van der Waals surface area contributed by atoms with Crippen molar-refractivity contribution >= 4 is 41.3 Å².